The van der Waals surface area contributed by atoms with Crippen molar-refractivity contribution >= 4 is 34.2 Å². The van der Waals surface area contributed by atoms with Crippen LogP contribution in [0.3, 0.4) is 0 Å². The van der Waals surface area contributed by atoms with Gasteiger partial charge >= 0.3 is 11.9 Å². The molecule has 1 atom stereocenters. The SMILES string of the molecule is COC(=O)c1c(NC(=O)CCCOc2ccc(OC)cc2)sc2c1[C@@H](C(=O)OC)CC2. The first-order chi connectivity index (χ1) is 15.0. The molecule has 0 aliphatic heterocycles. The summed E-state index contributed by atoms with van der Waals surface area (Å²) in [5, 5.41) is 3.21. The van der Waals surface area contributed by atoms with Gasteiger partial charge in [-0.15, -0.1) is 11.3 Å². The number of carbonyl (C=O) groups is 3. The Hall–Kier alpha value is -3.07. The highest BCUT2D eigenvalue weighted by Gasteiger charge is 2.38. The first-order valence-corrected chi connectivity index (χ1v) is 10.7. The zero-order chi connectivity index (χ0) is 22.4. The number of benzene rings is 1. The molecule has 1 aliphatic rings. The number of hydrogen-bond donors (Lipinski definition) is 1. The lowest BCUT2D eigenvalue weighted by Crippen LogP contribution is -2.18. The number of fused-ring (bicyclic) bond motifs is 1. The van der Waals surface area contributed by atoms with Gasteiger partial charge in [-0.1, -0.05) is 0 Å². The Morgan fingerprint density at radius 2 is 1.77 bits per heavy atom. The van der Waals surface area contributed by atoms with E-state index in [9.17, 15) is 14.4 Å². The second kappa shape index (κ2) is 10.3. The van der Waals surface area contributed by atoms with Crippen LogP contribution in [0.4, 0.5) is 5.00 Å². The molecule has 8 nitrogen and oxygen atoms in total. The van der Waals surface area contributed by atoms with E-state index in [2.05, 4.69) is 5.32 Å². The summed E-state index contributed by atoms with van der Waals surface area (Å²) in [7, 11) is 4.19. The molecule has 0 saturated heterocycles. The van der Waals surface area contributed by atoms with E-state index in [1.54, 1.807) is 31.4 Å². The van der Waals surface area contributed by atoms with Crippen LogP contribution in [0.25, 0.3) is 0 Å². The third kappa shape index (κ3) is 5.16. The van der Waals surface area contributed by atoms with Crippen LogP contribution in [0.5, 0.6) is 11.5 Å². The van der Waals surface area contributed by atoms with Gasteiger partial charge in [0.15, 0.2) is 0 Å². The summed E-state index contributed by atoms with van der Waals surface area (Å²) in [6.07, 6.45) is 1.95. The Bertz CT molecular complexity index is 952. The van der Waals surface area contributed by atoms with Crippen molar-refractivity contribution in [1.82, 2.24) is 0 Å². The van der Waals surface area contributed by atoms with Gasteiger partial charge in [0, 0.05) is 11.3 Å². The molecule has 31 heavy (non-hydrogen) atoms. The van der Waals surface area contributed by atoms with Crippen molar-refractivity contribution in [2.75, 3.05) is 33.3 Å². The minimum atomic E-state index is -0.577. The number of esters is 2. The highest BCUT2D eigenvalue weighted by molar-refractivity contribution is 7.17. The molecule has 1 aromatic heterocycles. The van der Waals surface area contributed by atoms with Crippen LogP contribution in [0, 0.1) is 0 Å². The van der Waals surface area contributed by atoms with Crippen LogP contribution in [-0.2, 0) is 25.5 Å². The van der Waals surface area contributed by atoms with Crippen LogP contribution in [0.2, 0.25) is 0 Å². The second-order valence-electron chi connectivity index (χ2n) is 6.92. The maximum absolute atomic E-state index is 12.4. The van der Waals surface area contributed by atoms with Gasteiger partial charge in [-0.2, -0.15) is 0 Å². The number of thiophene rings is 1. The zero-order valence-electron chi connectivity index (χ0n) is 17.7. The Balaban J connectivity index is 1.60. The number of aryl methyl sites for hydroxylation is 1. The summed E-state index contributed by atoms with van der Waals surface area (Å²) < 4.78 is 20.5. The summed E-state index contributed by atoms with van der Waals surface area (Å²) in [5.41, 5.74) is 0.861. The fourth-order valence-corrected chi connectivity index (χ4v) is 4.80. The summed E-state index contributed by atoms with van der Waals surface area (Å²) in [6.45, 7) is 0.370. The molecule has 0 saturated carbocycles. The monoisotopic (exact) mass is 447 g/mol. The molecule has 1 N–H and O–H groups in total. The van der Waals surface area contributed by atoms with E-state index in [0.717, 1.165) is 10.6 Å². The summed E-state index contributed by atoms with van der Waals surface area (Å²) in [5.74, 6) is -0.295. The normalized spacial score (nSPS) is 14.5. The maximum Gasteiger partial charge on any atom is 0.341 e. The maximum atomic E-state index is 12.4. The third-order valence-corrected chi connectivity index (χ3v) is 6.22. The molecule has 0 spiro atoms. The van der Waals surface area contributed by atoms with Crippen LogP contribution in [0.1, 0.15) is 46.0 Å². The molecule has 0 fully saturated rings. The molecule has 0 bridgehead atoms. The number of ether oxygens (including phenoxy) is 4. The van der Waals surface area contributed by atoms with E-state index < -0.39 is 17.9 Å². The van der Waals surface area contributed by atoms with Crippen LogP contribution in [-0.4, -0.2) is 45.8 Å². The van der Waals surface area contributed by atoms with Crippen molar-refractivity contribution in [3.63, 3.8) is 0 Å². The van der Waals surface area contributed by atoms with E-state index >= 15 is 0 Å². The minimum Gasteiger partial charge on any atom is -0.497 e. The lowest BCUT2D eigenvalue weighted by Gasteiger charge is -2.12. The van der Waals surface area contributed by atoms with E-state index in [1.807, 2.05) is 0 Å². The van der Waals surface area contributed by atoms with Gasteiger partial charge < -0.3 is 24.3 Å². The van der Waals surface area contributed by atoms with Gasteiger partial charge in [0.05, 0.1) is 39.4 Å². The van der Waals surface area contributed by atoms with Crippen molar-refractivity contribution in [2.45, 2.75) is 31.6 Å². The summed E-state index contributed by atoms with van der Waals surface area (Å²) in [4.78, 5) is 37.9. The van der Waals surface area contributed by atoms with Gasteiger partial charge in [0.25, 0.3) is 0 Å². The molecule has 1 aromatic carbocycles. The van der Waals surface area contributed by atoms with Gasteiger partial charge in [-0.25, -0.2) is 4.79 Å². The van der Waals surface area contributed by atoms with E-state index in [1.165, 1.54) is 25.6 Å². The standard InChI is InChI=1S/C22H25NO7S/c1-27-13-6-8-14(9-7-13)30-12-4-5-17(24)23-20-19(22(26)29-3)18-15(21(25)28-2)10-11-16(18)31-20/h6-9,15H,4-5,10-12H2,1-3H3,(H,23,24)/t15-/m0/s1. The largest absolute Gasteiger partial charge is 0.497 e. The Morgan fingerprint density at radius 3 is 2.42 bits per heavy atom. The molecule has 3 rings (SSSR count). The number of nitrogens with one attached hydrogen (secondary N) is 1. The average Bonchev–Trinajstić information content (AvgIpc) is 3.34. The molecule has 1 heterocycles. The number of anilines is 1. The minimum absolute atomic E-state index is 0.222. The number of hydrogen-bond acceptors (Lipinski definition) is 8. The average molecular weight is 448 g/mol. The lowest BCUT2D eigenvalue weighted by atomic mass is 9.99. The summed E-state index contributed by atoms with van der Waals surface area (Å²) in [6, 6.07) is 7.20. The Morgan fingerprint density at radius 1 is 1.06 bits per heavy atom. The zero-order valence-corrected chi connectivity index (χ0v) is 18.5. The Kier molecular flexibility index (Phi) is 7.51. The summed E-state index contributed by atoms with van der Waals surface area (Å²) >= 11 is 1.31. The van der Waals surface area contributed by atoms with Gasteiger partial charge in [-0.05, 0) is 49.1 Å². The van der Waals surface area contributed by atoms with Crippen LogP contribution >= 0.6 is 11.3 Å². The molecule has 1 amide bonds. The third-order valence-electron chi connectivity index (χ3n) is 5.04. The Labute approximate surface area is 184 Å². The molecule has 2 aromatic rings. The first-order valence-electron chi connectivity index (χ1n) is 9.86. The predicted molar refractivity (Wildman–Crippen MR) is 115 cm³/mol. The van der Waals surface area contributed by atoms with Crippen molar-refractivity contribution in [2.24, 2.45) is 0 Å². The molecule has 1 aliphatic carbocycles. The molecule has 0 radical (unpaired) electrons. The highest BCUT2D eigenvalue weighted by atomic mass is 32.1. The van der Waals surface area contributed by atoms with Crippen LogP contribution in [0.15, 0.2) is 24.3 Å². The van der Waals surface area contributed by atoms with Gasteiger partial charge in [0.1, 0.15) is 16.5 Å². The number of carbonyl (C=O) groups excluding carboxylic acids is 3. The van der Waals surface area contributed by atoms with Crippen molar-refractivity contribution in [1.29, 1.82) is 0 Å². The molecule has 166 valence electrons. The molecular formula is C22H25NO7S. The molecular weight excluding hydrogens is 422 g/mol. The van der Waals surface area contributed by atoms with E-state index in [0.29, 0.717) is 42.2 Å². The van der Waals surface area contributed by atoms with Crippen molar-refractivity contribution in [3.8, 4) is 11.5 Å². The first kappa shape index (κ1) is 22.6. The smallest absolute Gasteiger partial charge is 0.341 e. The van der Waals surface area contributed by atoms with E-state index in [4.69, 9.17) is 18.9 Å². The lowest BCUT2D eigenvalue weighted by molar-refractivity contribution is -0.142. The highest BCUT2D eigenvalue weighted by Crippen LogP contribution is 2.45. The van der Waals surface area contributed by atoms with Crippen LogP contribution < -0.4 is 14.8 Å². The fourth-order valence-electron chi connectivity index (χ4n) is 3.52. The molecule has 9 heteroatoms. The van der Waals surface area contributed by atoms with Crippen molar-refractivity contribution in [3.05, 3.63) is 40.3 Å². The number of methoxy groups -OCH3 is 3. The topological polar surface area (TPSA) is 100 Å². The van der Waals surface area contributed by atoms with Gasteiger partial charge in [0.2, 0.25) is 5.91 Å². The van der Waals surface area contributed by atoms with Gasteiger partial charge in [-0.3, -0.25) is 9.59 Å². The number of rotatable bonds is 9. The quantitative estimate of drug-likeness (QED) is 0.463. The second-order valence-corrected chi connectivity index (χ2v) is 8.03. The fraction of sp³-hybridized carbons (Fsp3) is 0.409. The number of amides is 1. The van der Waals surface area contributed by atoms with Crippen molar-refractivity contribution < 1.29 is 33.3 Å². The predicted octanol–water partition coefficient (Wildman–Crippen LogP) is 3.54. The molecule has 0 unspecified atom stereocenters. The van der Waals surface area contributed by atoms with E-state index in [-0.39, 0.29) is 17.9 Å².